The van der Waals surface area contributed by atoms with Crippen LogP contribution in [0.15, 0.2) is 54.6 Å². The highest BCUT2D eigenvalue weighted by Crippen LogP contribution is 2.22. The van der Waals surface area contributed by atoms with Crippen LogP contribution in [0.5, 0.6) is 0 Å². The van der Waals surface area contributed by atoms with Crippen molar-refractivity contribution in [2.45, 2.75) is 13.0 Å². The minimum absolute atomic E-state index is 0.247. The Hall–Kier alpha value is -2.18. The summed E-state index contributed by atoms with van der Waals surface area (Å²) in [5, 5.41) is 9.53. The lowest BCUT2D eigenvalue weighted by atomic mass is 10.0. The van der Waals surface area contributed by atoms with Gasteiger partial charge in [-0.25, -0.2) is 0 Å². The number of hydrogen-bond acceptors (Lipinski definition) is 3. The van der Waals surface area contributed by atoms with Crippen molar-refractivity contribution in [2.24, 2.45) is 0 Å². The number of rotatable bonds is 3. The van der Waals surface area contributed by atoms with Crippen molar-refractivity contribution in [3.05, 3.63) is 71.3 Å². The highest BCUT2D eigenvalue weighted by atomic mass is 32.1. The van der Waals surface area contributed by atoms with Gasteiger partial charge in [0.25, 0.3) is 0 Å². The van der Waals surface area contributed by atoms with Gasteiger partial charge in [0.2, 0.25) is 0 Å². The van der Waals surface area contributed by atoms with Crippen molar-refractivity contribution in [3.8, 4) is 6.07 Å². The first-order chi connectivity index (χ1) is 9.22. The van der Waals surface area contributed by atoms with Gasteiger partial charge in [-0.15, -0.1) is 0 Å². The molecule has 2 nitrogen and oxygen atoms in total. The average Bonchev–Trinajstić information content (AvgIpc) is 2.48. The van der Waals surface area contributed by atoms with Crippen molar-refractivity contribution in [1.82, 2.24) is 0 Å². The third-order valence-electron chi connectivity index (χ3n) is 2.81. The van der Waals surface area contributed by atoms with Gasteiger partial charge in [-0.3, -0.25) is 0 Å². The molecule has 0 bridgehead atoms. The topological polar surface area (TPSA) is 33.0 Å². The molecule has 0 aliphatic heterocycles. The first kappa shape index (κ1) is 13.3. The van der Waals surface area contributed by atoms with Gasteiger partial charge < -0.3 is 4.74 Å². The average molecular weight is 267 g/mol. The molecule has 2 aromatic carbocycles. The third-order valence-corrected chi connectivity index (χ3v) is 3.14. The predicted octanol–water partition coefficient (Wildman–Crippen LogP) is 4.01. The molecule has 0 aromatic heterocycles. The van der Waals surface area contributed by atoms with Gasteiger partial charge in [-0.2, -0.15) is 5.26 Å². The van der Waals surface area contributed by atoms with Crippen LogP contribution in [0.2, 0.25) is 0 Å². The van der Waals surface area contributed by atoms with Crippen molar-refractivity contribution in [3.63, 3.8) is 0 Å². The summed E-state index contributed by atoms with van der Waals surface area (Å²) in [7, 11) is 0. The van der Waals surface area contributed by atoms with E-state index in [0.29, 0.717) is 10.6 Å². The molecule has 1 unspecified atom stereocenters. The molecule has 0 saturated heterocycles. The summed E-state index contributed by atoms with van der Waals surface area (Å²) >= 11 is 5.27. The van der Waals surface area contributed by atoms with E-state index < -0.39 is 0 Å². The fraction of sp³-hybridized carbons (Fsp3) is 0.125. The maximum atomic E-state index is 9.08. The molecule has 94 valence electrons. The Morgan fingerprint density at radius 1 is 1.11 bits per heavy atom. The molecule has 0 spiro atoms. The van der Waals surface area contributed by atoms with E-state index in [0.717, 1.165) is 11.1 Å². The number of thiocarbonyl (C=S) groups is 1. The van der Waals surface area contributed by atoms with Gasteiger partial charge in [0.05, 0.1) is 11.6 Å². The van der Waals surface area contributed by atoms with E-state index in [1.807, 2.05) is 55.5 Å². The molecule has 2 aromatic rings. The van der Waals surface area contributed by atoms with Gasteiger partial charge >= 0.3 is 0 Å². The lowest BCUT2D eigenvalue weighted by Crippen LogP contribution is -2.09. The SMILES string of the molecule is CC(OC(=S)c1ccccc1)c1ccccc1C#N. The molecule has 0 heterocycles. The summed E-state index contributed by atoms with van der Waals surface area (Å²) in [6.07, 6.45) is -0.247. The fourth-order valence-corrected chi connectivity index (χ4v) is 2.10. The molecule has 0 N–H and O–H groups in total. The van der Waals surface area contributed by atoms with E-state index in [1.54, 1.807) is 6.07 Å². The van der Waals surface area contributed by atoms with Crippen LogP contribution >= 0.6 is 12.2 Å². The predicted molar refractivity (Wildman–Crippen MR) is 78.8 cm³/mol. The first-order valence-electron chi connectivity index (χ1n) is 5.97. The van der Waals surface area contributed by atoms with E-state index in [1.165, 1.54) is 0 Å². The molecule has 0 aliphatic rings. The molecule has 0 aliphatic carbocycles. The second-order valence-corrected chi connectivity index (χ2v) is 4.48. The van der Waals surface area contributed by atoms with Gasteiger partial charge in [-0.05, 0) is 25.2 Å². The van der Waals surface area contributed by atoms with E-state index >= 15 is 0 Å². The summed E-state index contributed by atoms with van der Waals surface area (Å²) in [6.45, 7) is 1.89. The summed E-state index contributed by atoms with van der Waals surface area (Å²) in [5.41, 5.74) is 2.34. The zero-order valence-corrected chi connectivity index (χ0v) is 11.4. The first-order valence-corrected chi connectivity index (χ1v) is 6.38. The monoisotopic (exact) mass is 267 g/mol. The van der Waals surface area contributed by atoms with Gasteiger partial charge in [-0.1, -0.05) is 48.5 Å². The molecule has 0 saturated carbocycles. The minimum atomic E-state index is -0.247. The van der Waals surface area contributed by atoms with E-state index in [2.05, 4.69) is 6.07 Å². The minimum Gasteiger partial charge on any atom is -0.475 e. The fourth-order valence-electron chi connectivity index (χ4n) is 1.82. The lowest BCUT2D eigenvalue weighted by molar-refractivity contribution is 0.220. The zero-order chi connectivity index (χ0) is 13.7. The number of hydrogen-bond donors (Lipinski definition) is 0. The number of nitriles is 1. The molecular formula is C16H13NOS. The van der Waals surface area contributed by atoms with Crippen molar-refractivity contribution < 1.29 is 4.74 Å². The van der Waals surface area contributed by atoms with Crippen molar-refractivity contribution >= 4 is 17.3 Å². The molecule has 0 amide bonds. The Kier molecular flexibility index (Phi) is 4.27. The Labute approximate surface area is 118 Å². The van der Waals surface area contributed by atoms with Crippen LogP contribution in [0.3, 0.4) is 0 Å². The van der Waals surface area contributed by atoms with Crippen LogP contribution in [-0.4, -0.2) is 5.05 Å². The van der Waals surface area contributed by atoms with Crippen molar-refractivity contribution in [1.29, 1.82) is 5.26 Å². The molecule has 0 radical (unpaired) electrons. The largest absolute Gasteiger partial charge is 0.475 e. The van der Waals surface area contributed by atoms with Crippen molar-refractivity contribution in [2.75, 3.05) is 0 Å². The summed E-state index contributed by atoms with van der Waals surface area (Å²) in [5.74, 6) is 0. The number of ether oxygens (including phenoxy) is 1. The second kappa shape index (κ2) is 6.12. The van der Waals surface area contributed by atoms with E-state index in [-0.39, 0.29) is 6.10 Å². The maximum Gasteiger partial charge on any atom is 0.191 e. The molecule has 3 heteroatoms. The van der Waals surface area contributed by atoms with E-state index in [4.69, 9.17) is 22.2 Å². The number of benzene rings is 2. The van der Waals surface area contributed by atoms with E-state index in [9.17, 15) is 0 Å². The van der Waals surface area contributed by atoms with Gasteiger partial charge in [0.15, 0.2) is 5.05 Å². The zero-order valence-electron chi connectivity index (χ0n) is 10.5. The maximum absolute atomic E-state index is 9.08. The molecule has 0 fully saturated rings. The van der Waals surface area contributed by atoms with Crippen LogP contribution in [-0.2, 0) is 4.74 Å². The van der Waals surface area contributed by atoms with Crippen LogP contribution in [0.25, 0.3) is 0 Å². The van der Waals surface area contributed by atoms with Crippen LogP contribution in [0, 0.1) is 11.3 Å². The summed E-state index contributed by atoms with van der Waals surface area (Å²) in [6, 6.07) is 19.1. The third kappa shape index (κ3) is 3.18. The Balaban J connectivity index is 2.16. The highest BCUT2D eigenvalue weighted by molar-refractivity contribution is 7.80. The second-order valence-electron chi connectivity index (χ2n) is 4.11. The lowest BCUT2D eigenvalue weighted by Gasteiger charge is -2.16. The Morgan fingerprint density at radius 3 is 2.42 bits per heavy atom. The standard InChI is InChI=1S/C16H13NOS/c1-12(15-10-6-5-9-14(15)11-17)18-16(19)13-7-3-2-4-8-13/h2-10,12H,1H3. The number of nitrogens with zero attached hydrogens (tertiary/aromatic N) is 1. The smallest absolute Gasteiger partial charge is 0.191 e. The quantitative estimate of drug-likeness (QED) is 0.788. The van der Waals surface area contributed by atoms with Crippen LogP contribution in [0.1, 0.15) is 29.7 Å². The van der Waals surface area contributed by atoms with Crippen LogP contribution in [0.4, 0.5) is 0 Å². The van der Waals surface area contributed by atoms with Gasteiger partial charge in [0.1, 0.15) is 6.10 Å². The molecular weight excluding hydrogens is 254 g/mol. The van der Waals surface area contributed by atoms with Crippen LogP contribution < -0.4 is 0 Å². The normalized spacial score (nSPS) is 11.4. The Bertz CT molecular complexity index is 616. The highest BCUT2D eigenvalue weighted by Gasteiger charge is 2.13. The molecule has 2 rings (SSSR count). The summed E-state index contributed by atoms with van der Waals surface area (Å²) < 4.78 is 5.75. The Morgan fingerprint density at radius 2 is 1.74 bits per heavy atom. The molecule has 1 atom stereocenters. The molecule has 19 heavy (non-hydrogen) atoms. The van der Waals surface area contributed by atoms with Gasteiger partial charge in [0, 0.05) is 11.1 Å². The summed E-state index contributed by atoms with van der Waals surface area (Å²) in [4.78, 5) is 0.